The first-order valence-electron chi connectivity index (χ1n) is 9.79. The maximum absolute atomic E-state index is 12.5. The summed E-state index contributed by atoms with van der Waals surface area (Å²) in [5, 5.41) is 6.16. The number of piperidine rings is 1. The smallest absolute Gasteiger partial charge is 0.242 e. The summed E-state index contributed by atoms with van der Waals surface area (Å²) in [5.41, 5.74) is 7.49. The Kier molecular flexibility index (Phi) is 7.12. The van der Waals surface area contributed by atoms with E-state index in [-0.39, 0.29) is 42.7 Å². The van der Waals surface area contributed by atoms with Gasteiger partial charge < -0.3 is 20.4 Å². The number of benzene rings is 1. The minimum atomic E-state index is -0.287. The molecule has 3 saturated heterocycles. The first-order chi connectivity index (χ1) is 13.2. The van der Waals surface area contributed by atoms with Crippen molar-refractivity contribution >= 4 is 29.9 Å². The second-order valence-electron chi connectivity index (χ2n) is 7.45. The number of nitrogens with zero attached hydrogens (tertiary/aromatic N) is 2. The molecule has 0 bridgehead atoms. The van der Waals surface area contributed by atoms with Crippen LogP contribution in [0.3, 0.4) is 0 Å². The van der Waals surface area contributed by atoms with E-state index in [4.69, 9.17) is 0 Å². The lowest BCUT2D eigenvalue weighted by molar-refractivity contribution is -0.133. The van der Waals surface area contributed by atoms with E-state index >= 15 is 0 Å². The van der Waals surface area contributed by atoms with Crippen LogP contribution in [-0.4, -0.2) is 74.6 Å². The Labute approximate surface area is 171 Å². The fourth-order valence-electron chi connectivity index (χ4n) is 4.21. The van der Waals surface area contributed by atoms with Gasteiger partial charge in [-0.1, -0.05) is 18.2 Å². The van der Waals surface area contributed by atoms with Gasteiger partial charge in [-0.2, -0.15) is 0 Å². The number of halogens is 1. The topological polar surface area (TPSA) is 88.7 Å². The Bertz CT molecular complexity index is 668. The van der Waals surface area contributed by atoms with Crippen molar-refractivity contribution in [3.8, 4) is 0 Å². The van der Waals surface area contributed by atoms with Gasteiger partial charge in [0.15, 0.2) is 0 Å². The second kappa shape index (κ2) is 9.56. The summed E-state index contributed by atoms with van der Waals surface area (Å²) >= 11 is 0. The first kappa shape index (κ1) is 20.9. The largest absolute Gasteiger partial charge is 0.368 e. The number of amides is 2. The molecule has 0 saturated carbocycles. The number of hydrogen-bond acceptors (Lipinski definition) is 6. The van der Waals surface area contributed by atoms with Gasteiger partial charge in [0, 0.05) is 50.4 Å². The van der Waals surface area contributed by atoms with Crippen molar-refractivity contribution in [3.63, 3.8) is 0 Å². The van der Waals surface area contributed by atoms with Crippen LogP contribution in [0.5, 0.6) is 0 Å². The van der Waals surface area contributed by atoms with Gasteiger partial charge in [0.2, 0.25) is 11.8 Å². The summed E-state index contributed by atoms with van der Waals surface area (Å²) in [7, 11) is 0. The van der Waals surface area contributed by atoms with Crippen LogP contribution in [0.15, 0.2) is 30.3 Å². The maximum atomic E-state index is 12.5. The number of nitrogens with one attached hydrogen (secondary N) is 4. The average Bonchev–Trinajstić information content (AvgIpc) is 3.17. The van der Waals surface area contributed by atoms with Crippen LogP contribution in [0, 0.1) is 5.92 Å². The molecule has 3 aliphatic heterocycles. The molecular formula is C19H29ClN6O2. The number of fused-ring (bicyclic) bond motifs is 1. The van der Waals surface area contributed by atoms with E-state index in [0.29, 0.717) is 19.1 Å². The zero-order chi connectivity index (χ0) is 18.6. The molecule has 3 atom stereocenters. The Morgan fingerprint density at radius 2 is 1.82 bits per heavy atom. The van der Waals surface area contributed by atoms with Crippen molar-refractivity contribution in [3.05, 3.63) is 30.3 Å². The van der Waals surface area contributed by atoms with Crippen LogP contribution in [-0.2, 0) is 9.59 Å². The number of rotatable bonds is 4. The Morgan fingerprint density at radius 1 is 1.07 bits per heavy atom. The average molecular weight is 409 g/mol. The Morgan fingerprint density at radius 3 is 2.57 bits per heavy atom. The van der Waals surface area contributed by atoms with Gasteiger partial charge >= 0.3 is 0 Å². The standard InChI is InChI=1S/C19H28N6O2.ClH/c26-17(25-10-8-24(9-11-25)14-4-2-1-3-5-14)13-21-19(27)18-15-12-20-7-6-16(15)22-23-18;/h1-5,15-16,18,20,22-23H,6-13H2,(H,21,27);1H. The van der Waals surface area contributed by atoms with Crippen molar-refractivity contribution in [2.75, 3.05) is 50.7 Å². The molecule has 3 heterocycles. The predicted octanol–water partition coefficient (Wildman–Crippen LogP) is -0.672. The number of piperazine rings is 1. The molecule has 0 spiro atoms. The van der Waals surface area contributed by atoms with Crippen LogP contribution in [0.4, 0.5) is 5.69 Å². The molecule has 154 valence electrons. The minimum absolute atomic E-state index is 0. The molecule has 0 aromatic heterocycles. The second-order valence-corrected chi connectivity index (χ2v) is 7.45. The first-order valence-corrected chi connectivity index (χ1v) is 9.79. The predicted molar refractivity (Wildman–Crippen MR) is 110 cm³/mol. The van der Waals surface area contributed by atoms with Crippen molar-refractivity contribution in [2.24, 2.45) is 5.92 Å². The van der Waals surface area contributed by atoms with E-state index in [9.17, 15) is 9.59 Å². The van der Waals surface area contributed by atoms with Gasteiger partial charge in [-0.05, 0) is 25.1 Å². The summed E-state index contributed by atoms with van der Waals surface area (Å²) in [5.74, 6) is 0.110. The zero-order valence-corrected chi connectivity index (χ0v) is 16.7. The highest BCUT2D eigenvalue weighted by Crippen LogP contribution is 2.20. The van der Waals surface area contributed by atoms with Crippen molar-refractivity contribution in [1.29, 1.82) is 0 Å². The normalized spacial score (nSPS) is 26.9. The van der Waals surface area contributed by atoms with Gasteiger partial charge in [0.25, 0.3) is 0 Å². The molecule has 3 unspecified atom stereocenters. The molecule has 4 N–H and O–H groups in total. The molecule has 3 fully saturated rings. The van der Waals surface area contributed by atoms with Crippen LogP contribution in [0.25, 0.3) is 0 Å². The number of hydrogen-bond donors (Lipinski definition) is 4. The highest BCUT2D eigenvalue weighted by Gasteiger charge is 2.41. The molecule has 0 aliphatic carbocycles. The molecule has 1 aromatic rings. The molecule has 8 nitrogen and oxygen atoms in total. The summed E-state index contributed by atoms with van der Waals surface area (Å²) < 4.78 is 0. The highest BCUT2D eigenvalue weighted by molar-refractivity contribution is 5.88. The molecule has 9 heteroatoms. The molecule has 28 heavy (non-hydrogen) atoms. The lowest BCUT2D eigenvalue weighted by Gasteiger charge is -2.36. The number of para-hydroxylation sites is 1. The third kappa shape index (κ3) is 4.57. The van der Waals surface area contributed by atoms with Gasteiger partial charge in [-0.3, -0.25) is 15.0 Å². The molecular weight excluding hydrogens is 380 g/mol. The number of anilines is 1. The molecule has 0 radical (unpaired) electrons. The van der Waals surface area contributed by atoms with Gasteiger partial charge in [-0.15, -0.1) is 12.4 Å². The SMILES string of the molecule is Cl.O=C(NCC(=O)N1CCN(c2ccccc2)CC1)C1NNC2CCNCC21. The zero-order valence-electron chi connectivity index (χ0n) is 15.9. The molecule has 1 aromatic carbocycles. The fraction of sp³-hybridized carbons (Fsp3) is 0.579. The van der Waals surface area contributed by atoms with E-state index in [0.717, 1.165) is 32.6 Å². The van der Waals surface area contributed by atoms with Crippen molar-refractivity contribution < 1.29 is 9.59 Å². The number of carbonyl (C=O) groups is 2. The molecule has 4 rings (SSSR count). The quantitative estimate of drug-likeness (QED) is 0.528. The van der Waals surface area contributed by atoms with Crippen molar-refractivity contribution in [1.82, 2.24) is 26.4 Å². The van der Waals surface area contributed by atoms with Crippen LogP contribution in [0.1, 0.15) is 6.42 Å². The molecule has 2 amide bonds. The summed E-state index contributed by atoms with van der Waals surface area (Å²) in [6, 6.07) is 10.3. The van der Waals surface area contributed by atoms with E-state index in [1.54, 1.807) is 0 Å². The van der Waals surface area contributed by atoms with E-state index < -0.39 is 0 Å². The summed E-state index contributed by atoms with van der Waals surface area (Å²) in [4.78, 5) is 29.1. The van der Waals surface area contributed by atoms with Gasteiger partial charge in [0.1, 0.15) is 6.04 Å². The van der Waals surface area contributed by atoms with Crippen LogP contribution in [0.2, 0.25) is 0 Å². The summed E-state index contributed by atoms with van der Waals surface area (Å²) in [6.07, 6.45) is 1.01. The van der Waals surface area contributed by atoms with E-state index in [1.807, 2.05) is 23.1 Å². The summed E-state index contributed by atoms with van der Waals surface area (Å²) in [6.45, 7) is 4.84. The lowest BCUT2D eigenvalue weighted by Crippen LogP contribution is -2.54. The maximum Gasteiger partial charge on any atom is 0.242 e. The molecule has 3 aliphatic rings. The van der Waals surface area contributed by atoms with E-state index in [2.05, 4.69) is 38.5 Å². The van der Waals surface area contributed by atoms with Crippen LogP contribution < -0.4 is 26.4 Å². The lowest BCUT2D eigenvalue weighted by atomic mass is 9.89. The Hall–Kier alpha value is -1.87. The monoisotopic (exact) mass is 408 g/mol. The third-order valence-corrected chi connectivity index (χ3v) is 5.83. The van der Waals surface area contributed by atoms with Crippen LogP contribution >= 0.6 is 12.4 Å². The van der Waals surface area contributed by atoms with Gasteiger partial charge in [-0.25, -0.2) is 5.43 Å². The minimum Gasteiger partial charge on any atom is -0.368 e. The highest BCUT2D eigenvalue weighted by atomic mass is 35.5. The number of carbonyl (C=O) groups excluding carboxylic acids is 2. The third-order valence-electron chi connectivity index (χ3n) is 5.83. The Balaban J connectivity index is 0.00000225. The fourth-order valence-corrected chi connectivity index (χ4v) is 4.21. The number of hydrazine groups is 1. The van der Waals surface area contributed by atoms with E-state index in [1.165, 1.54) is 5.69 Å². The van der Waals surface area contributed by atoms with Crippen molar-refractivity contribution in [2.45, 2.75) is 18.5 Å². The van der Waals surface area contributed by atoms with Gasteiger partial charge in [0.05, 0.1) is 6.54 Å².